The fourth-order valence-electron chi connectivity index (χ4n) is 3.15. The highest BCUT2D eigenvalue weighted by molar-refractivity contribution is 5.92. The number of nitrogens with zero attached hydrogens (tertiary/aromatic N) is 1. The molecule has 0 aliphatic rings. The summed E-state index contributed by atoms with van der Waals surface area (Å²) in [6, 6.07) is 5.11. The summed E-state index contributed by atoms with van der Waals surface area (Å²) >= 11 is 0. The van der Waals surface area contributed by atoms with E-state index in [1.54, 1.807) is 20.8 Å². The number of nitrogens with one attached hydrogen (secondary N) is 2. The molecule has 0 aliphatic carbocycles. The number of carbonyl (C=O) groups is 3. The Hall–Kier alpha value is -2.61. The number of aryl methyl sites for hydroxylation is 1. The van der Waals surface area contributed by atoms with Crippen LogP contribution in [0.1, 0.15) is 65.1 Å². The zero-order valence-corrected chi connectivity index (χ0v) is 19.7. The largest absolute Gasteiger partial charge is 0.444 e. The number of alkyl carbamates (subject to hydrolysis) is 1. The summed E-state index contributed by atoms with van der Waals surface area (Å²) in [5.41, 5.74) is 0.800. The first-order valence-corrected chi connectivity index (χ1v) is 10.7. The van der Waals surface area contributed by atoms with E-state index in [1.807, 2.05) is 52.0 Å². The number of amides is 3. The van der Waals surface area contributed by atoms with Crippen LogP contribution in [0.5, 0.6) is 0 Å². The van der Waals surface area contributed by atoms with Gasteiger partial charge >= 0.3 is 6.09 Å². The Balaban J connectivity index is 3.32. The van der Waals surface area contributed by atoms with E-state index in [0.717, 1.165) is 5.56 Å². The van der Waals surface area contributed by atoms with Gasteiger partial charge in [0.2, 0.25) is 11.8 Å². The lowest BCUT2D eigenvalue weighted by Gasteiger charge is -2.35. The molecular weight excluding hydrogens is 398 g/mol. The van der Waals surface area contributed by atoms with Crippen LogP contribution in [-0.2, 0) is 14.3 Å². The zero-order valence-electron chi connectivity index (χ0n) is 19.7. The van der Waals surface area contributed by atoms with Gasteiger partial charge in [-0.15, -0.1) is 0 Å². The number of benzene rings is 1. The second-order valence-electron chi connectivity index (χ2n) is 8.84. The van der Waals surface area contributed by atoms with Crippen molar-refractivity contribution in [3.63, 3.8) is 0 Å². The predicted octanol–water partition coefficient (Wildman–Crippen LogP) is 2.68. The number of ether oxygens (including phenoxy) is 1. The van der Waals surface area contributed by atoms with Crippen molar-refractivity contribution in [1.82, 2.24) is 15.5 Å². The maximum Gasteiger partial charge on any atom is 0.408 e. The molecular formula is C23H37N3O5. The van der Waals surface area contributed by atoms with E-state index >= 15 is 0 Å². The molecule has 0 saturated carbocycles. The van der Waals surface area contributed by atoms with Crippen molar-refractivity contribution in [2.75, 3.05) is 13.2 Å². The summed E-state index contributed by atoms with van der Waals surface area (Å²) < 4.78 is 5.21. The third kappa shape index (κ3) is 8.20. The molecule has 1 rings (SSSR count). The average molecular weight is 436 g/mol. The molecule has 1 aromatic rings. The summed E-state index contributed by atoms with van der Waals surface area (Å²) in [6.45, 7) is 12.2. The highest BCUT2D eigenvalue weighted by atomic mass is 16.6. The summed E-state index contributed by atoms with van der Waals surface area (Å²) in [4.78, 5) is 40.2. The molecule has 2 unspecified atom stereocenters. The molecule has 3 amide bonds. The Labute approximate surface area is 185 Å². The van der Waals surface area contributed by atoms with E-state index in [2.05, 4.69) is 10.6 Å². The van der Waals surface area contributed by atoms with Crippen molar-refractivity contribution in [3.8, 4) is 0 Å². The van der Waals surface area contributed by atoms with Gasteiger partial charge in [0.05, 0.1) is 6.61 Å². The summed E-state index contributed by atoms with van der Waals surface area (Å²) in [5.74, 6) is -0.873. The van der Waals surface area contributed by atoms with Gasteiger partial charge < -0.3 is 25.4 Å². The van der Waals surface area contributed by atoms with Crippen LogP contribution in [0.15, 0.2) is 24.3 Å². The molecule has 8 heteroatoms. The summed E-state index contributed by atoms with van der Waals surface area (Å²) in [6.07, 6.45) is -0.219. The average Bonchev–Trinajstić information content (AvgIpc) is 2.64. The molecule has 0 heterocycles. The maximum atomic E-state index is 13.4. The molecule has 31 heavy (non-hydrogen) atoms. The van der Waals surface area contributed by atoms with Gasteiger partial charge in [-0.1, -0.05) is 31.2 Å². The molecule has 0 spiro atoms. The van der Waals surface area contributed by atoms with Crippen LogP contribution >= 0.6 is 0 Å². The van der Waals surface area contributed by atoms with Crippen LogP contribution in [0, 0.1) is 6.92 Å². The fourth-order valence-corrected chi connectivity index (χ4v) is 3.15. The smallest absolute Gasteiger partial charge is 0.408 e. The van der Waals surface area contributed by atoms with E-state index in [1.165, 1.54) is 4.90 Å². The topological polar surface area (TPSA) is 108 Å². The zero-order chi connectivity index (χ0) is 23.8. The van der Waals surface area contributed by atoms with Crippen molar-refractivity contribution >= 4 is 17.9 Å². The molecule has 0 saturated heterocycles. The first-order chi connectivity index (χ1) is 14.4. The second kappa shape index (κ2) is 11.7. The van der Waals surface area contributed by atoms with Gasteiger partial charge in [0.25, 0.3) is 0 Å². The van der Waals surface area contributed by atoms with Crippen molar-refractivity contribution in [2.24, 2.45) is 0 Å². The third-order valence-electron chi connectivity index (χ3n) is 4.39. The molecule has 8 nitrogen and oxygen atoms in total. The molecule has 0 fully saturated rings. The van der Waals surface area contributed by atoms with Crippen LogP contribution in [0.3, 0.4) is 0 Å². The van der Waals surface area contributed by atoms with Gasteiger partial charge in [-0.25, -0.2) is 4.79 Å². The Morgan fingerprint density at radius 2 is 1.74 bits per heavy atom. The molecule has 0 radical (unpaired) electrons. The molecule has 174 valence electrons. The fraction of sp³-hybridized carbons (Fsp3) is 0.609. The van der Waals surface area contributed by atoms with Crippen molar-refractivity contribution in [2.45, 2.75) is 78.6 Å². The highest BCUT2D eigenvalue weighted by Crippen LogP contribution is 2.26. The second-order valence-corrected chi connectivity index (χ2v) is 8.84. The molecule has 0 aliphatic heterocycles. The first kappa shape index (κ1) is 26.4. The Morgan fingerprint density at radius 1 is 1.13 bits per heavy atom. The number of hydrogen-bond donors (Lipinski definition) is 3. The summed E-state index contributed by atoms with van der Waals surface area (Å²) in [7, 11) is 0. The standard InChI is InChI=1S/C23H37N3O5/c1-8-13-26(21(29)18(14-27)25-22(30)31-23(5,6)7)19(20(28)24-15(2)3)17-12-10-9-11-16(17)4/h9-12,15,18-19,27H,8,13-14H2,1-7H3,(H,24,28)(H,25,30). The van der Waals surface area contributed by atoms with E-state index in [-0.39, 0.29) is 18.5 Å². The maximum absolute atomic E-state index is 13.4. The molecule has 3 N–H and O–H groups in total. The number of aliphatic hydroxyl groups excluding tert-OH is 1. The monoisotopic (exact) mass is 435 g/mol. The van der Waals surface area contributed by atoms with Crippen molar-refractivity contribution in [1.29, 1.82) is 0 Å². The van der Waals surface area contributed by atoms with Gasteiger partial charge in [0, 0.05) is 12.6 Å². The molecule has 0 aromatic heterocycles. The van der Waals surface area contributed by atoms with E-state index < -0.39 is 36.3 Å². The first-order valence-electron chi connectivity index (χ1n) is 10.7. The van der Waals surface area contributed by atoms with Gasteiger partial charge in [-0.2, -0.15) is 0 Å². The quantitative estimate of drug-likeness (QED) is 0.553. The lowest BCUT2D eigenvalue weighted by molar-refractivity contribution is -0.143. The number of carbonyl (C=O) groups excluding carboxylic acids is 3. The van der Waals surface area contributed by atoms with Crippen molar-refractivity contribution < 1.29 is 24.2 Å². The number of aliphatic hydroxyl groups is 1. The minimum atomic E-state index is -1.24. The van der Waals surface area contributed by atoms with Crippen molar-refractivity contribution in [3.05, 3.63) is 35.4 Å². The number of rotatable bonds is 9. The van der Waals surface area contributed by atoms with E-state index in [4.69, 9.17) is 4.74 Å². The van der Waals surface area contributed by atoms with Crippen LogP contribution in [0.2, 0.25) is 0 Å². The summed E-state index contributed by atoms with van der Waals surface area (Å²) in [5, 5.41) is 15.1. The molecule has 2 atom stereocenters. The number of hydrogen-bond acceptors (Lipinski definition) is 5. The van der Waals surface area contributed by atoms with Crippen LogP contribution in [0.4, 0.5) is 4.79 Å². The van der Waals surface area contributed by atoms with Gasteiger partial charge in [-0.3, -0.25) is 9.59 Å². The Bertz CT molecular complexity index is 758. The minimum absolute atomic E-state index is 0.119. The van der Waals surface area contributed by atoms with Crippen LogP contribution in [0.25, 0.3) is 0 Å². The van der Waals surface area contributed by atoms with Gasteiger partial charge in [0.15, 0.2) is 0 Å². The lowest BCUT2D eigenvalue weighted by atomic mass is 9.97. The van der Waals surface area contributed by atoms with E-state index in [0.29, 0.717) is 12.0 Å². The highest BCUT2D eigenvalue weighted by Gasteiger charge is 2.36. The van der Waals surface area contributed by atoms with Crippen LogP contribution in [-0.4, -0.2) is 58.8 Å². The van der Waals surface area contributed by atoms with Gasteiger partial charge in [0.1, 0.15) is 17.7 Å². The minimum Gasteiger partial charge on any atom is -0.444 e. The molecule has 1 aromatic carbocycles. The normalized spacial score (nSPS) is 13.3. The Morgan fingerprint density at radius 3 is 2.23 bits per heavy atom. The Kier molecular flexibility index (Phi) is 9.97. The SMILES string of the molecule is CCCN(C(=O)C(CO)NC(=O)OC(C)(C)C)C(C(=O)NC(C)C)c1ccccc1C. The predicted molar refractivity (Wildman–Crippen MR) is 119 cm³/mol. The van der Waals surface area contributed by atoms with Gasteiger partial charge in [-0.05, 0) is 59.1 Å². The third-order valence-corrected chi connectivity index (χ3v) is 4.39. The van der Waals surface area contributed by atoms with Crippen LogP contribution < -0.4 is 10.6 Å². The lowest BCUT2D eigenvalue weighted by Crippen LogP contribution is -2.55. The van der Waals surface area contributed by atoms with E-state index in [9.17, 15) is 19.5 Å². The molecule has 0 bridgehead atoms.